The molecule has 0 saturated carbocycles. The topological polar surface area (TPSA) is 71.0 Å². The zero-order valence-electron chi connectivity index (χ0n) is 10.1. The van der Waals surface area contributed by atoms with Crippen molar-refractivity contribution in [1.29, 1.82) is 0 Å². The van der Waals surface area contributed by atoms with E-state index in [9.17, 15) is 4.79 Å². The number of carbonyl (C=O) groups is 1. The van der Waals surface area contributed by atoms with Gasteiger partial charge in [0.1, 0.15) is 5.82 Å². The molecule has 1 saturated heterocycles. The number of carbonyl (C=O) groups excluding carboxylic acids is 1. The monoisotopic (exact) mass is 237 g/mol. The van der Waals surface area contributed by atoms with Crippen molar-refractivity contribution in [1.82, 2.24) is 25.5 Å². The Hall–Kier alpha value is -1.40. The minimum absolute atomic E-state index is 0.0648. The van der Waals surface area contributed by atoms with E-state index in [-0.39, 0.29) is 11.9 Å². The highest BCUT2D eigenvalue weighted by atomic mass is 16.2. The molecule has 0 radical (unpaired) electrons. The maximum atomic E-state index is 11.8. The molecule has 1 amide bonds. The van der Waals surface area contributed by atoms with E-state index in [1.165, 1.54) is 0 Å². The third-order valence-electron chi connectivity index (χ3n) is 2.93. The summed E-state index contributed by atoms with van der Waals surface area (Å²) in [4.78, 5) is 15.9. The van der Waals surface area contributed by atoms with Crippen LogP contribution in [0.4, 0.5) is 0 Å². The molecular weight excluding hydrogens is 218 g/mol. The van der Waals surface area contributed by atoms with Gasteiger partial charge in [-0.25, -0.2) is 4.98 Å². The van der Waals surface area contributed by atoms with Crippen LogP contribution in [0.15, 0.2) is 12.4 Å². The van der Waals surface area contributed by atoms with Gasteiger partial charge in [-0.1, -0.05) is 0 Å². The number of amides is 1. The van der Waals surface area contributed by atoms with Crippen LogP contribution in [0.1, 0.15) is 5.82 Å². The lowest BCUT2D eigenvalue weighted by Gasteiger charge is -2.23. The lowest BCUT2D eigenvalue weighted by atomic mass is 10.2. The van der Waals surface area contributed by atoms with E-state index in [1.807, 2.05) is 17.7 Å². The van der Waals surface area contributed by atoms with Crippen molar-refractivity contribution < 1.29 is 4.79 Å². The maximum Gasteiger partial charge on any atom is 0.238 e. The van der Waals surface area contributed by atoms with E-state index in [4.69, 9.17) is 0 Å². The molecule has 0 aliphatic carbocycles. The Bertz CT molecular complexity index is 370. The lowest BCUT2D eigenvalue weighted by Crippen LogP contribution is -2.55. The Labute approximate surface area is 101 Å². The molecule has 1 fully saturated rings. The van der Waals surface area contributed by atoms with E-state index in [2.05, 4.69) is 20.9 Å². The minimum atomic E-state index is -0.104. The molecule has 6 nitrogen and oxygen atoms in total. The Morgan fingerprint density at radius 3 is 3.18 bits per heavy atom. The summed E-state index contributed by atoms with van der Waals surface area (Å²) in [7, 11) is 0. The van der Waals surface area contributed by atoms with Crippen molar-refractivity contribution in [2.75, 3.05) is 26.2 Å². The van der Waals surface area contributed by atoms with Crippen molar-refractivity contribution >= 4 is 5.91 Å². The highest BCUT2D eigenvalue weighted by Gasteiger charge is 2.19. The summed E-state index contributed by atoms with van der Waals surface area (Å²) >= 11 is 0. The molecule has 0 unspecified atom stereocenters. The molecule has 17 heavy (non-hydrogen) atoms. The summed E-state index contributed by atoms with van der Waals surface area (Å²) in [5.41, 5.74) is 0. The van der Waals surface area contributed by atoms with Gasteiger partial charge >= 0.3 is 0 Å². The Balaban J connectivity index is 1.71. The van der Waals surface area contributed by atoms with Crippen molar-refractivity contribution in [2.45, 2.75) is 19.5 Å². The predicted octanol–water partition coefficient (Wildman–Crippen LogP) is -1.13. The summed E-state index contributed by atoms with van der Waals surface area (Å²) in [5.74, 6) is 1.03. The van der Waals surface area contributed by atoms with Gasteiger partial charge in [0.05, 0.1) is 6.04 Å². The number of nitrogens with one attached hydrogen (secondary N) is 3. The van der Waals surface area contributed by atoms with Crippen molar-refractivity contribution in [2.24, 2.45) is 0 Å². The lowest BCUT2D eigenvalue weighted by molar-refractivity contribution is -0.123. The van der Waals surface area contributed by atoms with Crippen molar-refractivity contribution in [3.8, 4) is 0 Å². The van der Waals surface area contributed by atoms with Crippen LogP contribution in [0.3, 0.4) is 0 Å². The van der Waals surface area contributed by atoms with Gasteiger partial charge in [-0.05, 0) is 6.92 Å². The smallest absolute Gasteiger partial charge is 0.238 e. The predicted molar refractivity (Wildman–Crippen MR) is 64.6 cm³/mol. The molecular formula is C11H19N5O. The fourth-order valence-electron chi connectivity index (χ4n) is 1.90. The van der Waals surface area contributed by atoms with Crippen LogP contribution in [0.25, 0.3) is 0 Å². The summed E-state index contributed by atoms with van der Waals surface area (Å²) in [6.45, 7) is 5.83. The maximum absolute atomic E-state index is 11.8. The van der Waals surface area contributed by atoms with Crippen LogP contribution >= 0.6 is 0 Å². The van der Waals surface area contributed by atoms with E-state index in [1.54, 1.807) is 6.20 Å². The van der Waals surface area contributed by atoms with E-state index >= 15 is 0 Å². The van der Waals surface area contributed by atoms with E-state index in [0.717, 1.165) is 25.5 Å². The van der Waals surface area contributed by atoms with Gasteiger partial charge in [0, 0.05) is 45.1 Å². The molecule has 6 heteroatoms. The quantitative estimate of drug-likeness (QED) is 0.620. The normalized spacial score (nSPS) is 20.2. The van der Waals surface area contributed by atoms with E-state index < -0.39 is 0 Å². The van der Waals surface area contributed by atoms with Crippen molar-refractivity contribution in [3.05, 3.63) is 18.2 Å². The molecule has 1 aliphatic rings. The standard InChI is InChI=1S/C11H19N5O/c1-9-13-4-6-16(9)7-5-15-11(17)10-8-12-2-3-14-10/h4,6,10,12,14H,2-3,5,7-8H2,1H3,(H,15,17)/t10-/m1/s1. The number of hydrogen-bond donors (Lipinski definition) is 3. The number of imidazole rings is 1. The number of aryl methyl sites for hydroxylation is 1. The first kappa shape index (κ1) is 12.1. The molecule has 1 aromatic rings. The highest BCUT2D eigenvalue weighted by molar-refractivity contribution is 5.82. The second-order valence-electron chi connectivity index (χ2n) is 4.17. The van der Waals surface area contributed by atoms with Crippen LogP contribution in [-0.2, 0) is 11.3 Å². The second kappa shape index (κ2) is 5.79. The molecule has 0 aromatic carbocycles. The number of nitrogens with zero attached hydrogens (tertiary/aromatic N) is 2. The number of rotatable bonds is 4. The molecule has 3 N–H and O–H groups in total. The summed E-state index contributed by atoms with van der Waals surface area (Å²) in [5, 5.41) is 9.30. The SMILES string of the molecule is Cc1nccn1CCNC(=O)[C@H]1CNCCN1. The Kier molecular flexibility index (Phi) is 4.11. The molecule has 0 bridgehead atoms. The largest absolute Gasteiger partial charge is 0.353 e. The molecule has 1 aromatic heterocycles. The van der Waals surface area contributed by atoms with Gasteiger partial charge in [0.25, 0.3) is 0 Å². The first-order valence-corrected chi connectivity index (χ1v) is 5.97. The summed E-state index contributed by atoms with van der Waals surface area (Å²) in [6.07, 6.45) is 3.69. The molecule has 1 aliphatic heterocycles. The van der Waals surface area contributed by atoms with Crippen LogP contribution in [0.2, 0.25) is 0 Å². The average Bonchev–Trinajstić information content (AvgIpc) is 2.76. The van der Waals surface area contributed by atoms with Crippen molar-refractivity contribution in [3.63, 3.8) is 0 Å². The van der Waals surface area contributed by atoms with Gasteiger partial charge in [0.2, 0.25) is 5.91 Å². The van der Waals surface area contributed by atoms with Gasteiger partial charge < -0.3 is 20.5 Å². The molecule has 0 spiro atoms. The number of piperazine rings is 1. The third-order valence-corrected chi connectivity index (χ3v) is 2.93. The van der Waals surface area contributed by atoms with Gasteiger partial charge in [-0.2, -0.15) is 0 Å². The van der Waals surface area contributed by atoms with Gasteiger partial charge in [0.15, 0.2) is 0 Å². The number of aromatic nitrogens is 2. The zero-order valence-corrected chi connectivity index (χ0v) is 10.1. The zero-order chi connectivity index (χ0) is 12.1. The van der Waals surface area contributed by atoms with E-state index in [0.29, 0.717) is 13.1 Å². The van der Waals surface area contributed by atoms with Crippen LogP contribution in [-0.4, -0.2) is 47.7 Å². The fourth-order valence-corrected chi connectivity index (χ4v) is 1.90. The Morgan fingerprint density at radius 2 is 2.53 bits per heavy atom. The van der Waals surface area contributed by atoms with Gasteiger partial charge in [-0.15, -0.1) is 0 Å². The average molecular weight is 237 g/mol. The van der Waals surface area contributed by atoms with Crippen LogP contribution in [0, 0.1) is 6.92 Å². The second-order valence-corrected chi connectivity index (χ2v) is 4.17. The highest BCUT2D eigenvalue weighted by Crippen LogP contribution is 1.94. The Morgan fingerprint density at radius 1 is 1.65 bits per heavy atom. The minimum Gasteiger partial charge on any atom is -0.353 e. The first-order chi connectivity index (χ1) is 8.27. The van der Waals surface area contributed by atoms with Crippen LogP contribution < -0.4 is 16.0 Å². The van der Waals surface area contributed by atoms with Gasteiger partial charge in [-0.3, -0.25) is 4.79 Å². The molecule has 1 atom stereocenters. The first-order valence-electron chi connectivity index (χ1n) is 5.97. The summed E-state index contributed by atoms with van der Waals surface area (Å²) in [6, 6.07) is -0.104. The number of hydrogen-bond acceptors (Lipinski definition) is 4. The fraction of sp³-hybridized carbons (Fsp3) is 0.636. The summed E-state index contributed by atoms with van der Waals surface area (Å²) < 4.78 is 2.02. The third kappa shape index (κ3) is 3.28. The molecule has 94 valence electrons. The molecule has 2 heterocycles. The van der Waals surface area contributed by atoms with Crippen LogP contribution in [0.5, 0.6) is 0 Å². The molecule has 2 rings (SSSR count).